The van der Waals surface area contributed by atoms with Crippen LogP contribution < -0.4 is 15.4 Å². The third kappa shape index (κ3) is 5.74. The first-order valence-corrected chi connectivity index (χ1v) is 10.8. The summed E-state index contributed by atoms with van der Waals surface area (Å²) in [7, 11) is 0. The molecule has 0 spiro atoms. The van der Waals surface area contributed by atoms with Crippen molar-refractivity contribution in [3.8, 4) is 5.75 Å². The first-order valence-electron chi connectivity index (χ1n) is 10.8. The molecule has 1 atom stereocenters. The van der Waals surface area contributed by atoms with Crippen LogP contribution in [0.15, 0.2) is 78.9 Å². The Bertz CT molecular complexity index is 1060. The lowest BCUT2D eigenvalue weighted by Gasteiger charge is -2.14. The van der Waals surface area contributed by atoms with E-state index < -0.39 is 0 Å². The fraction of sp³-hybridized carbons (Fsp3) is 0.231. The second kappa shape index (κ2) is 10.6. The number of hydrogen-bond donors (Lipinski definition) is 2. The first kappa shape index (κ1) is 21.6. The van der Waals surface area contributed by atoms with Crippen LogP contribution in [0.4, 0.5) is 5.69 Å². The van der Waals surface area contributed by atoms with Crippen molar-refractivity contribution in [3.63, 3.8) is 0 Å². The van der Waals surface area contributed by atoms with Gasteiger partial charge in [0.2, 0.25) is 0 Å². The minimum absolute atomic E-state index is 0.0549. The van der Waals surface area contributed by atoms with Crippen molar-refractivity contribution in [2.24, 2.45) is 0 Å². The van der Waals surface area contributed by atoms with Crippen molar-refractivity contribution in [2.75, 3.05) is 18.5 Å². The number of hydrogen-bond acceptors (Lipinski definition) is 4. The van der Waals surface area contributed by atoms with Crippen LogP contribution in [-0.4, -0.2) is 31.1 Å². The molecule has 0 saturated carbocycles. The summed E-state index contributed by atoms with van der Waals surface area (Å²) in [5.74, 6) is 0.0509. The molecule has 1 unspecified atom stereocenters. The second-order valence-corrected chi connectivity index (χ2v) is 7.65. The standard InChI is InChI=1S/C26H26N2O4/c29-25(20-10-6-11-21(16-20)32-18-19-8-2-1-3-9-19)28-24-14-5-4-13-23(24)26(30)27-17-22-12-7-15-31-22/h1-6,8-11,13-14,16,22H,7,12,15,17-18H2,(H,27,30)(H,28,29). The van der Waals surface area contributed by atoms with E-state index in [0.717, 1.165) is 25.0 Å². The molecule has 0 radical (unpaired) electrons. The van der Waals surface area contributed by atoms with Gasteiger partial charge < -0.3 is 20.1 Å². The summed E-state index contributed by atoms with van der Waals surface area (Å²) < 4.78 is 11.4. The maximum atomic E-state index is 12.9. The number of rotatable bonds is 8. The number of para-hydroxylation sites is 1. The van der Waals surface area contributed by atoms with Crippen molar-refractivity contribution < 1.29 is 19.1 Å². The second-order valence-electron chi connectivity index (χ2n) is 7.65. The summed E-state index contributed by atoms with van der Waals surface area (Å²) in [5, 5.41) is 5.75. The van der Waals surface area contributed by atoms with Gasteiger partial charge in [-0.2, -0.15) is 0 Å². The zero-order valence-electron chi connectivity index (χ0n) is 17.8. The van der Waals surface area contributed by atoms with E-state index in [1.54, 1.807) is 42.5 Å². The van der Waals surface area contributed by atoms with Crippen molar-refractivity contribution in [1.82, 2.24) is 5.32 Å². The third-order valence-electron chi connectivity index (χ3n) is 5.28. The van der Waals surface area contributed by atoms with E-state index in [1.165, 1.54) is 0 Å². The van der Waals surface area contributed by atoms with Crippen molar-refractivity contribution in [3.05, 3.63) is 95.6 Å². The molecule has 6 heteroatoms. The van der Waals surface area contributed by atoms with Crippen LogP contribution in [0.25, 0.3) is 0 Å². The van der Waals surface area contributed by atoms with Gasteiger partial charge in [-0.15, -0.1) is 0 Å². The van der Waals surface area contributed by atoms with E-state index in [2.05, 4.69) is 10.6 Å². The lowest BCUT2D eigenvalue weighted by atomic mass is 10.1. The summed E-state index contributed by atoms with van der Waals surface area (Å²) in [6.07, 6.45) is 2.02. The van der Waals surface area contributed by atoms with E-state index in [4.69, 9.17) is 9.47 Å². The van der Waals surface area contributed by atoms with Gasteiger partial charge in [0.25, 0.3) is 11.8 Å². The average molecular weight is 431 g/mol. The monoisotopic (exact) mass is 430 g/mol. The molecule has 3 aromatic rings. The van der Waals surface area contributed by atoms with Crippen LogP contribution in [0.2, 0.25) is 0 Å². The van der Waals surface area contributed by atoms with Crippen LogP contribution in [0.5, 0.6) is 5.75 Å². The molecule has 0 bridgehead atoms. The van der Waals surface area contributed by atoms with Gasteiger partial charge in [0.15, 0.2) is 0 Å². The third-order valence-corrected chi connectivity index (χ3v) is 5.28. The highest BCUT2D eigenvalue weighted by molar-refractivity contribution is 6.09. The molecule has 2 amide bonds. The molecule has 1 heterocycles. The van der Waals surface area contributed by atoms with Gasteiger partial charge in [-0.1, -0.05) is 48.5 Å². The fourth-order valence-electron chi connectivity index (χ4n) is 3.56. The Morgan fingerprint density at radius 3 is 2.56 bits per heavy atom. The smallest absolute Gasteiger partial charge is 0.255 e. The largest absolute Gasteiger partial charge is 0.489 e. The number of carbonyl (C=O) groups excluding carboxylic acids is 2. The zero-order chi connectivity index (χ0) is 22.2. The summed E-state index contributed by atoms with van der Waals surface area (Å²) in [4.78, 5) is 25.5. The van der Waals surface area contributed by atoms with Crippen molar-refractivity contribution in [2.45, 2.75) is 25.6 Å². The van der Waals surface area contributed by atoms with Crippen LogP contribution in [0.1, 0.15) is 39.1 Å². The Morgan fingerprint density at radius 1 is 0.938 bits per heavy atom. The Morgan fingerprint density at radius 2 is 1.75 bits per heavy atom. The predicted octanol–water partition coefficient (Wildman–Crippen LogP) is 4.43. The highest BCUT2D eigenvalue weighted by Crippen LogP contribution is 2.20. The quantitative estimate of drug-likeness (QED) is 0.554. The van der Waals surface area contributed by atoms with E-state index in [9.17, 15) is 9.59 Å². The molecule has 2 N–H and O–H groups in total. The van der Waals surface area contributed by atoms with Gasteiger partial charge >= 0.3 is 0 Å². The molecule has 4 rings (SSSR count). The Balaban J connectivity index is 1.40. The normalized spacial score (nSPS) is 15.2. The molecule has 0 aromatic heterocycles. The van der Waals surface area contributed by atoms with Crippen LogP contribution in [0.3, 0.4) is 0 Å². The predicted molar refractivity (Wildman–Crippen MR) is 123 cm³/mol. The molecule has 164 valence electrons. The van der Waals surface area contributed by atoms with E-state index in [0.29, 0.717) is 35.7 Å². The number of nitrogens with one attached hydrogen (secondary N) is 2. The minimum atomic E-state index is -0.311. The topological polar surface area (TPSA) is 76.7 Å². The van der Waals surface area contributed by atoms with Gasteiger partial charge in [-0.25, -0.2) is 0 Å². The van der Waals surface area contributed by atoms with Gasteiger partial charge in [0, 0.05) is 18.7 Å². The molecule has 1 fully saturated rings. The number of benzene rings is 3. The van der Waals surface area contributed by atoms with Gasteiger partial charge in [-0.05, 0) is 48.7 Å². The Hall–Kier alpha value is -3.64. The molecule has 1 aliphatic heterocycles. The van der Waals surface area contributed by atoms with Gasteiger partial charge in [-0.3, -0.25) is 9.59 Å². The van der Waals surface area contributed by atoms with E-state index >= 15 is 0 Å². The molecular weight excluding hydrogens is 404 g/mol. The maximum Gasteiger partial charge on any atom is 0.255 e. The van der Waals surface area contributed by atoms with Crippen LogP contribution >= 0.6 is 0 Å². The summed E-state index contributed by atoms with van der Waals surface area (Å²) in [5.41, 5.74) is 2.36. The number of anilines is 1. The molecule has 1 aliphatic rings. The zero-order valence-corrected chi connectivity index (χ0v) is 17.8. The SMILES string of the molecule is O=C(Nc1ccccc1C(=O)NCC1CCCO1)c1cccc(OCc2ccccc2)c1. The number of carbonyl (C=O) groups is 2. The summed E-state index contributed by atoms with van der Waals surface area (Å²) in [6.45, 7) is 1.61. The molecule has 32 heavy (non-hydrogen) atoms. The Kier molecular flexibility index (Phi) is 7.15. The van der Waals surface area contributed by atoms with E-state index in [1.807, 2.05) is 36.4 Å². The first-order chi connectivity index (χ1) is 15.7. The lowest BCUT2D eigenvalue weighted by molar-refractivity contribution is 0.0858. The average Bonchev–Trinajstić information content (AvgIpc) is 3.36. The van der Waals surface area contributed by atoms with Crippen molar-refractivity contribution >= 4 is 17.5 Å². The maximum absolute atomic E-state index is 12.9. The highest BCUT2D eigenvalue weighted by Gasteiger charge is 2.19. The fourth-order valence-corrected chi connectivity index (χ4v) is 3.56. The molecule has 3 aromatic carbocycles. The molecule has 0 aliphatic carbocycles. The minimum Gasteiger partial charge on any atom is -0.489 e. The van der Waals surface area contributed by atoms with Crippen LogP contribution in [0, 0.1) is 0 Å². The number of amides is 2. The molecule has 1 saturated heterocycles. The highest BCUT2D eigenvalue weighted by atomic mass is 16.5. The summed E-state index contributed by atoms with van der Waals surface area (Å²) in [6, 6.07) is 23.8. The van der Waals surface area contributed by atoms with Crippen molar-refractivity contribution in [1.29, 1.82) is 0 Å². The van der Waals surface area contributed by atoms with Gasteiger partial charge in [0.1, 0.15) is 12.4 Å². The van der Waals surface area contributed by atoms with E-state index in [-0.39, 0.29) is 17.9 Å². The summed E-state index contributed by atoms with van der Waals surface area (Å²) >= 11 is 0. The lowest BCUT2D eigenvalue weighted by Crippen LogP contribution is -2.32. The molecular formula is C26H26N2O4. The number of ether oxygens (including phenoxy) is 2. The van der Waals surface area contributed by atoms with Gasteiger partial charge in [0.05, 0.1) is 17.4 Å². The Labute approximate surface area is 187 Å². The van der Waals surface area contributed by atoms with Crippen LogP contribution in [-0.2, 0) is 11.3 Å². The molecule has 6 nitrogen and oxygen atoms in total.